The van der Waals surface area contributed by atoms with Crippen molar-refractivity contribution in [2.24, 2.45) is 0 Å². The number of carbonyl (C=O) groups is 1. The molecule has 1 aliphatic carbocycles. The number of benzene rings is 2. The Morgan fingerprint density at radius 1 is 0.839 bits per heavy atom. The van der Waals surface area contributed by atoms with Crippen LogP contribution in [0, 0.1) is 0 Å². The number of nitrogens with zero attached hydrogens (tertiary/aromatic N) is 1. The number of phenolic OH excluding ortho intramolecular Hbond substituents is 1. The first-order chi connectivity index (χ1) is 15.0. The van der Waals surface area contributed by atoms with Gasteiger partial charge in [-0.05, 0) is 92.7 Å². The molecule has 3 nitrogen and oxygen atoms in total. The van der Waals surface area contributed by atoms with E-state index in [2.05, 4.69) is 4.90 Å². The molecule has 31 heavy (non-hydrogen) atoms. The number of piperidine rings is 1. The maximum absolute atomic E-state index is 13.1. The van der Waals surface area contributed by atoms with Gasteiger partial charge in [0.15, 0.2) is 5.78 Å². The molecule has 0 atom stereocenters. The van der Waals surface area contributed by atoms with Gasteiger partial charge in [0.2, 0.25) is 0 Å². The lowest BCUT2D eigenvalue weighted by atomic mass is 9.86. The summed E-state index contributed by atoms with van der Waals surface area (Å²) in [6.07, 6.45) is 10.1. The van der Waals surface area contributed by atoms with Crippen LogP contribution >= 0.6 is 23.2 Å². The maximum atomic E-state index is 13.1. The zero-order valence-electron chi connectivity index (χ0n) is 17.5. The summed E-state index contributed by atoms with van der Waals surface area (Å²) in [7, 11) is 0. The van der Waals surface area contributed by atoms with Gasteiger partial charge >= 0.3 is 0 Å². The molecule has 4 rings (SSSR count). The highest BCUT2D eigenvalue weighted by molar-refractivity contribution is 6.42. The van der Waals surface area contributed by atoms with Gasteiger partial charge in [0.25, 0.3) is 0 Å². The number of halogens is 2. The molecule has 5 heteroatoms. The van der Waals surface area contributed by atoms with Crippen molar-refractivity contribution < 1.29 is 9.90 Å². The van der Waals surface area contributed by atoms with Crippen molar-refractivity contribution in [2.45, 2.75) is 45.1 Å². The lowest BCUT2D eigenvalue weighted by Crippen LogP contribution is -2.29. The zero-order chi connectivity index (χ0) is 21.8. The molecule has 0 amide bonds. The smallest absolute Gasteiger partial charge is 0.185 e. The summed E-state index contributed by atoms with van der Waals surface area (Å²) in [6.45, 7) is 2.90. The SMILES string of the molecule is O=C1/C(=C/c2ccc(Cl)c(Cl)c2)CCC/C1=C\c1ccc(O)c(CN2CCCCC2)c1. The molecular formula is C26H27Cl2NO2. The third kappa shape index (κ3) is 5.60. The van der Waals surface area contributed by atoms with Crippen molar-refractivity contribution >= 4 is 41.1 Å². The topological polar surface area (TPSA) is 40.5 Å². The first-order valence-corrected chi connectivity index (χ1v) is 11.7. The van der Waals surface area contributed by atoms with Crippen LogP contribution in [0.1, 0.15) is 55.2 Å². The van der Waals surface area contributed by atoms with Crippen molar-refractivity contribution in [2.75, 3.05) is 13.1 Å². The number of hydrogen-bond acceptors (Lipinski definition) is 3. The molecule has 2 aromatic rings. The van der Waals surface area contributed by atoms with Crippen molar-refractivity contribution in [3.8, 4) is 5.75 Å². The highest BCUT2D eigenvalue weighted by atomic mass is 35.5. The van der Waals surface area contributed by atoms with Crippen molar-refractivity contribution in [3.63, 3.8) is 0 Å². The number of hydrogen-bond donors (Lipinski definition) is 1. The fraction of sp³-hybridized carbons (Fsp3) is 0.346. The first kappa shape index (κ1) is 22.1. The van der Waals surface area contributed by atoms with Gasteiger partial charge in [-0.15, -0.1) is 0 Å². The molecule has 0 unspecified atom stereocenters. The third-order valence-corrected chi connectivity index (χ3v) is 6.79. The Morgan fingerprint density at radius 2 is 1.48 bits per heavy atom. The van der Waals surface area contributed by atoms with Crippen LogP contribution in [0.3, 0.4) is 0 Å². The number of Topliss-reactive ketones (excluding diaryl/α,β-unsaturated/α-hetero) is 1. The highest BCUT2D eigenvalue weighted by Crippen LogP contribution is 2.31. The van der Waals surface area contributed by atoms with Crippen molar-refractivity contribution in [1.29, 1.82) is 0 Å². The molecular weight excluding hydrogens is 429 g/mol. The normalized spacial score (nSPS) is 20.5. The molecule has 2 aromatic carbocycles. The fourth-order valence-electron chi connectivity index (χ4n) is 4.36. The van der Waals surface area contributed by atoms with Crippen LogP contribution in [0.2, 0.25) is 10.0 Å². The number of carbonyl (C=O) groups excluding carboxylic acids is 1. The van der Waals surface area contributed by atoms with E-state index >= 15 is 0 Å². The van der Waals surface area contributed by atoms with E-state index in [1.54, 1.807) is 18.2 Å². The summed E-state index contributed by atoms with van der Waals surface area (Å²) >= 11 is 12.1. The lowest BCUT2D eigenvalue weighted by molar-refractivity contribution is -0.112. The van der Waals surface area contributed by atoms with Crippen molar-refractivity contribution in [1.82, 2.24) is 4.90 Å². The molecule has 1 N–H and O–H groups in total. The third-order valence-electron chi connectivity index (χ3n) is 6.05. The van der Waals surface area contributed by atoms with Crippen LogP contribution in [-0.4, -0.2) is 28.9 Å². The summed E-state index contributed by atoms with van der Waals surface area (Å²) in [6, 6.07) is 11.0. The Hall–Kier alpha value is -2.07. The molecule has 0 spiro atoms. The predicted molar refractivity (Wildman–Crippen MR) is 129 cm³/mol. The van der Waals surface area contributed by atoms with Gasteiger partial charge in [-0.2, -0.15) is 0 Å². The quantitative estimate of drug-likeness (QED) is 0.509. The van der Waals surface area contributed by atoms with Gasteiger partial charge in [0.05, 0.1) is 10.0 Å². The molecule has 162 valence electrons. The Balaban J connectivity index is 1.55. The van der Waals surface area contributed by atoms with E-state index in [1.807, 2.05) is 30.4 Å². The fourth-order valence-corrected chi connectivity index (χ4v) is 4.67. The van der Waals surface area contributed by atoms with E-state index in [1.165, 1.54) is 19.3 Å². The van der Waals surface area contributed by atoms with Crippen LogP contribution in [0.25, 0.3) is 12.2 Å². The average molecular weight is 456 g/mol. The van der Waals surface area contributed by atoms with E-state index in [9.17, 15) is 9.90 Å². The Labute approximate surface area is 194 Å². The average Bonchev–Trinajstić information content (AvgIpc) is 2.77. The Bertz CT molecular complexity index is 1040. The molecule has 1 saturated carbocycles. The number of phenols is 1. The largest absolute Gasteiger partial charge is 0.508 e. The van der Waals surface area contributed by atoms with Gasteiger partial charge in [0.1, 0.15) is 5.75 Å². The van der Waals surface area contributed by atoms with Gasteiger partial charge in [-0.25, -0.2) is 0 Å². The number of rotatable bonds is 4. The van der Waals surface area contributed by atoms with Crippen LogP contribution < -0.4 is 0 Å². The van der Waals surface area contributed by atoms with Crippen LogP contribution in [0.4, 0.5) is 0 Å². The summed E-state index contributed by atoms with van der Waals surface area (Å²) in [5, 5.41) is 11.3. The van der Waals surface area contributed by atoms with E-state index < -0.39 is 0 Å². The molecule has 0 aromatic heterocycles. The molecule has 1 heterocycles. The minimum atomic E-state index is 0.0861. The number of ketones is 1. The molecule has 1 aliphatic heterocycles. The Kier molecular flexibility index (Phi) is 7.16. The number of allylic oxidation sites excluding steroid dienone is 2. The highest BCUT2D eigenvalue weighted by Gasteiger charge is 2.21. The second-order valence-corrected chi connectivity index (χ2v) is 9.23. The molecule has 2 aliphatic rings. The van der Waals surface area contributed by atoms with Gasteiger partial charge < -0.3 is 5.11 Å². The minimum absolute atomic E-state index is 0.0861. The van der Waals surface area contributed by atoms with Gasteiger partial charge in [-0.3, -0.25) is 9.69 Å². The second-order valence-electron chi connectivity index (χ2n) is 8.42. The second kappa shape index (κ2) is 10.0. The predicted octanol–water partition coefficient (Wildman–Crippen LogP) is 6.90. The monoisotopic (exact) mass is 455 g/mol. The van der Waals surface area contributed by atoms with E-state index in [4.69, 9.17) is 23.2 Å². The summed E-state index contributed by atoms with van der Waals surface area (Å²) in [5.41, 5.74) is 4.37. The number of aromatic hydroxyl groups is 1. The number of likely N-dealkylation sites (tertiary alicyclic amines) is 1. The minimum Gasteiger partial charge on any atom is -0.508 e. The molecule has 1 saturated heterocycles. The lowest BCUT2D eigenvalue weighted by Gasteiger charge is -2.26. The molecule has 2 fully saturated rings. The Morgan fingerprint density at radius 3 is 2.16 bits per heavy atom. The van der Waals surface area contributed by atoms with Gasteiger partial charge in [-0.1, -0.05) is 41.8 Å². The standard InChI is InChI=1S/C26H27Cl2NO2/c27-23-9-7-19(16-24(23)28)14-21-6-4-5-20(26(21)31)13-18-8-10-25(30)22(15-18)17-29-11-2-1-3-12-29/h7-10,13-16,30H,1-6,11-12,17H2/b20-13+,21-14+. The van der Waals surface area contributed by atoms with Crippen LogP contribution in [0.15, 0.2) is 47.5 Å². The molecule has 0 radical (unpaired) electrons. The van der Waals surface area contributed by atoms with Crippen molar-refractivity contribution in [3.05, 3.63) is 74.3 Å². The maximum Gasteiger partial charge on any atom is 0.185 e. The summed E-state index contributed by atoms with van der Waals surface area (Å²) in [5.74, 6) is 0.408. The van der Waals surface area contributed by atoms with E-state index in [0.29, 0.717) is 15.8 Å². The zero-order valence-corrected chi connectivity index (χ0v) is 19.1. The van der Waals surface area contributed by atoms with Crippen LogP contribution in [0.5, 0.6) is 5.75 Å². The van der Waals surface area contributed by atoms with E-state index in [-0.39, 0.29) is 5.78 Å². The molecule has 0 bridgehead atoms. The summed E-state index contributed by atoms with van der Waals surface area (Å²) < 4.78 is 0. The van der Waals surface area contributed by atoms with Gasteiger partial charge in [0, 0.05) is 23.3 Å². The van der Waals surface area contributed by atoms with E-state index in [0.717, 1.165) is 66.7 Å². The van der Waals surface area contributed by atoms with Crippen LogP contribution in [-0.2, 0) is 11.3 Å². The first-order valence-electron chi connectivity index (χ1n) is 10.9. The summed E-state index contributed by atoms with van der Waals surface area (Å²) in [4.78, 5) is 15.5.